The molecule has 0 aliphatic carbocycles. The highest BCUT2D eigenvalue weighted by Crippen LogP contribution is 2.25. The minimum absolute atomic E-state index is 0.0219. The molecule has 5 nitrogen and oxygen atoms in total. The molecule has 0 bridgehead atoms. The first-order chi connectivity index (χ1) is 12.7. The van der Waals surface area contributed by atoms with E-state index in [1.54, 1.807) is 37.3 Å². The number of ether oxygens (including phenoxy) is 3. The zero-order chi connectivity index (χ0) is 18.4. The maximum Gasteiger partial charge on any atom is 0.254 e. The summed E-state index contributed by atoms with van der Waals surface area (Å²) in [7, 11) is 3.15. The van der Waals surface area contributed by atoms with Gasteiger partial charge in [0.1, 0.15) is 11.5 Å². The number of benzene rings is 2. The maximum atomic E-state index is 12.6. The van der Waals surface area contributed by atoms with Crippen LogP contribution in [0.25, 0.3) is 0 Å². The molecule has 1 amide bonds. The topological polar surface area (TPSA) is 48.0 Å². The lowest BCUT2D eigenvalue weighted by Crippen LogP contribution is -2.54. The molecule has 1 heterocycles. The van der Waals surface area contributed by atoms with Crippen molar-refractivity contribution in [3.8, 4) is 11.5 Å². The van der Waals surface area contributed by atoms with E-state index in [9.17, 15) is 4.79 Å². The fourth-order valence-corrected chi connectivity index (χ4v) is 2.99. The molecule has 0 aromatic heterocycles. The minimum Gasteiger partial charge on any atom is -0.497 e. The lowest BCUT2D eigenvalue weighted by Gasteiger charge is -2.39. The predicted molar refractivity (Wildman–Crippen MR) is 100.0 cm³/mol. The summed E-state index contributed by atoms with van der Waals surface area (Å²) in [4.78, 5) is 14.4. The molecule has 0 N–H and O–H groups in total. The van der Waals surface area contributed by atoms with E-state index >= 15 is 0 Å². The molecule has 0 unspecified atom stereocenters. The van der Waals surface area contributed by atoms with E-state index in [2.05, 4.69) is 24.3 Å². The van der Waals surface area contributed by atoms with E-state index in [-0.39, 0.29) is 12.0 Å². The number of carbonyl (C=O) groups is 1. The van der Waals surface area contributed by atoms with Crippen LogP contribution in [0.4, 0.5) is 0 Å². The molecule has 1 aliphatic heterocycles. The highest BCUT2D eigenvalue weighted by Gasteiger charge is 2.32. The number of rotatable bonds is 8. The number of hydrogen-bond acceptors (Lipinski definition) is 4. The van der Waals surface area contributed by atoms with Crippen LogP contribution in [0.5, 0.6) is 11.5 Å². The van der Waals surface area contributed by atoms with Crippen LogP contribution < -0.4 is 9.47 Å². The maximum absolute atomic E-state index is 12.6. The molecule has 0 saturated carbocycles. The SMILES string of the molecule is COc1cc(OC)cc(C(=O)N2CC(OCCCc3ccccc3)C2)c1. The second-order valence-corrected chi connectivity index (χ2v) is 6.39. The first kappa shape index (κ1) is 18.3. The third-order valence-electron chi connectivity index (χ3n) is 4.54. The van der Waals surface area contributed by atoms with Crippen LogP contribution in [0.15, 0.2) is 48.5 Å². The van der Waals surface area contributed by atoms with Crippen LogP contribution in [-0.2, 0) is 11.2 Å². The van der Waals surface area contributed by atoms with Crippen molar-refractivity contribution in [3.05, 3.63) is 59.7 Å². The van der Waals surface area contributed by atoms with Gasteiger partial charge in [0, 0.05) is 31.3 Å². The smallest absolute Gasteiger partial charge is 0.254 e. The van der Waals surface area contributed by atoms with E-state index in [1.165, 1.54) is 5.56 Å². The molecule has 2 aromatic rings. The molecule has 0 atom stereocenters. The van der Waals surface area contributed by atoms with Gasteiger partial charge in [0.15, 0.2) is 0 Å². The van der Waals surface area contributed by atoms with E-state index in [0.29, 0.717) is 36.8 Å². The van der Waals surface area contributed by atoms with Gasteiger partial charge in [0.2, 0.25) is 0 Å². The molecular formula is C21H25NO4. The average Bonchev–Trinajstić information content (AvgIpc) is 2.66. The fourth-order valence-electron chi connectivity index (χ4n) is 2.99. The van der Waals surface area contributed by atoms with E-state index in [4.69, 9.17) is 14.2 Å². The number of hydrogen-bond donors (Lipinski definition) is 0. The van der Waals surface area contributed by atoms with Crippen molar-refractivity contribution >= 4 is 5.91 Å². The van der Waals surface area contributed by atoms with Gasteiger partial charge in [-0.05, 0) is 30.5 Å². The molecule has 1 fully saturated rings. The zero-order valence-electron chi connectivity index (χ0n) is 15.3. The summed E-state index contributed by atoms with van der Waals surface area (Å²) in [5.74, 6) is 1.20. The van der Waals surface area contributed by atoms with Crippen molar-refractivity contribution in [2.24, 2.45) is 0 Å². The van der Waals surface area contributed by atoms with Crippen LogP contribution in [0.1, 0.15) is 22.3 Å². The second kappa shape index (κ2) is 8.72. The van der Waals surface area contributed by atoms with Crippen molar-refractivity contribution in [2.45, 2.75) is 18.9 Å². The van der Waals surface area contributed by atoms with Gasteiger partial charge in [-0.15, -0.1) is 0 Å². The Labute approximate surface area is 154 Å². The standard InChI is InChI=1S/C21H25NO4/c1-24-18-11-17(12-19(13-18)25-2)21(23)22-14-20(15-22)26-10-6-9-16-7-4-3-5-8-16/h3-5,7-8,11-13,20H,6,9-10,14-15H2,1-2H3. The third kappa shape index (κ3) is 4.55. The van der Waals surface area contributed by atoms with Gasteiger partial charge in [-0.2, -0.15) is 0 Å². The van der Waals surface area contributed by atoms with Crippen molar-refractivity contribution in [3.63, 3.8) is 0 Å². The number of aryl methyl sites for hydroxylation is 1. The summed E-state index contributed by atoms with van der Waals surface area (Å²) < 4.78 is 16.3. The lowest BCUT2D eigenvalue weighted by molar-refractivity contribution is -0.0429. The first-order valence-electron chi connectivity index (χ1n) is 8.87. The van der Waals surface area contributed by atoms with Crippen molar-refractivity contribution < 1.29 is 19.0 Å². The molecule has 2 aromatic carbocycles. The zero-order valence-corrected chi connectivity index (χ0v) is 15.3. The summed E-state index contributed by atoms with van der Waals surface area (Å²) in [6.45, 7) is 1.97. The molecule has 1 aliphatic rings. The van der Waals surface area contributed by atoms with Crippen LogP contribution in [-0.4, -0.2) is 50.8 Å². The summed E-state index contributed by atoms with van der Waals surface area (Å²) in [5.41, 5.74) is 1.90. The molecule has 5 heteroatoms. The Bertz CT molecular complexity index is 704. The third-order valence-corrected chi connectivity index (χ3v) is 4.54. The normalized spacial score (nSPS) is 14.0. The molecule has 0 spiro atoms. The Hall–Kier alpha value is -2.53. The highest BCUT2D eigenvalue weighted by molar-refractivity contribution is 5.95. The highest BCUT2D eigenvalue weighted by atomic mass is 16.5. The average molecular weight is 355 g/mol. The second-order valence-electron chi connectivity index (χ2n) is 6.39. The van der Waals surface area contributed by atoms with Crippen LogP contribution >= 0.6 is 0 Å². The van der Waals surface area contributed by atoms with Crippen LogP contribution in [0, 0.1) is 0 Å². The van der Waals surface area contributed by atoms with Gasteiger partial charge in [0.25, 0.3) is 5.91 Å². The van der Waals surface area contributed by atoms with Gasteiger partial charge in [-0.3, -0.25) is 4.79 Å². The number of likely N-dealkylation sites (tertiary alicyclic amines) is 1. The predicted octanol–water partition coefficient (Wildman–Crippen LogP) is 3.18. The van der Waals surface area contributed by atoms with Crippen molar-refractivity contribution in [2.75, 3.05) is 33.9 Å². The molecule has 26 heavy (non-hydrogen) atoms. The fraction of sp³-hybridized carbons (Fsp3) is 0.381. The molecule has 0 radical (unpaired) electrons. The summed E-state index contributed by atoms with van der Waals surface area (Å²) in [5, 5.41) is 0. The number of methoxy groups -OCH3 is 2. The minimum atomic E-state index is -0.0219. The Balaban J connectivity index is 1.42. The lowest BCUT2D eigenvalue weighted by atomic mass is 10.1. The van der Waals surface area contributed by atoms with Crippen molar-refractivity contribution in [1.82, 2.24) is 4.90 Å². The van der Waals surface area contributed by atoms with Gasteiger partial charge in [-0.25, -0.2) is 0 Å². The number of amides is 1. The molecule has 1 saturated heterocycles. The number of nitrogens with zero attached hydrogens (tertiary/aromatic N) is 1. The largest absolute Gasteiger partial charge is 0.497 e. The van der Waals surface area contributed by atoms with Crippen LogP contribution in [0.2, 0.25) is 0 Å². The Kier molecular flexibility index (Phi) is 6.12. The number of carbonyl (C=O) groups excluding carboxylic acids is 1. The summed E-state index contributed by atoms with van der Waals surface area (Å²) >= 11 is 0. The van der Waals surface area contributed by atoms with Gasteiger partial charge < -0.3 is 19.1 Å². The van der Waals surface area contributed by atoms with Crippen molar-refractivity contribution in [1.29, 1.82) is 0 Å². The summed E-state index contributed by atoms with van der Waals surface area (Å²) in [6.07, 6.45) is 2.13. The van der Waals surface area contributed by atoms with E-state index < -0.39 is 0 Å². The molecule has 3 rings (SSSR count). The van der Waals surface area contributed by atoms with Crippen LogP contribution in [0.3, 0.4) is 0 Å². The monoisotopic (exact) mass is 355 g/mol. The summed E-state index contributed by atoms with van der Waals surface area (Å²) in [6, 6.07) is 15.6. The van der Waals surface area contributed by atoms with E-state index in [1.807, 2.05) is 6.07 Å². The Morgan fingerprint density at radius 1 is 1.04 bits per heavy atom. The Morgan fingerprint density at radius 3 is 2.31 bits per heavy atom. The van der Waals surface area contributed by atoms with Gasteiger partial charge in [-0.1, -0.05) is 30.3 Å². The van der Waals surface area contributed by atoms with E-state index in [0.717, 1.165) is 12.8 Å². The molecule has 138 valence electrons. The quantitative estimate of drug-likeness (QED) is 0.683. The Morgan fingerprint density at radius 2 is 1.69 bits per heavy atom. The molecular weight excluding hydrogens is 330 g/mol. The first-order valence-corrected chi connectivity index (χ1v) is 8.87. The van der Waals surface area contributed by atoms with Gasteiger partial charge >= 0.3 is 0 Å². The van der Waals surface area contributed by atoms with Gasteiger partial charge in [0.05, 0.1) is 20.3 Å².